The minimum atomic E-state index is -0.948. The summed E-state index contributed by atoms with van der Waals surface area (Å²) in [6, 6.07) is 13.9. The van der Waals surface area contributed by atoms with E-state index in [2.05, 4.69) is 18.2 Å². The van der Waals surface area contributed by atoms with Crippen molar-refractivity contribution in [3.63, 3.8) is 0 Å². The number of carboxylic acid groups (broad SMARTS) is 1. The van der Waals surface area contributed by atoms with Gasteiger partial charge in [0.15, 0.2) is 0 Å². The van der Waals surface area contributed by atoms with Gasteiger partial charge in [-0.3, -0.25) is 4.79 Å². The van der Waals surface area contributed by atoms with E-state index >= 15 is 0 Å². The van der Waals surface area contributed by atoms with Crippen molar-refractivity contribution in [1.29, 1.82) is 0 Å². The van der Waals surface area contributed by atoms with Gasteiger partial charge in [0.05, 0.1) is 49.1 Å². The highest BCUT2D eigenvalue weighted by molar-refractivity contribution is 6.31. The maximum absolute atomic E-state index is 13.7. The lowest BCUT2D eigenvalue weighted by Gasteiger charge is -2.39. The molecule has 2 aromatic carbocycles. The Morgan fingerprint density at radius 3 is 2.69 bits per heavy atom. The van der Waals surface area contributed by atoms with Gasteiger partial charge in [0.1, 0.15) is 0 Å². The summed E-state index contributed by atoms with van der Waals surface area (Å²) in [6.07, 6.45) is 2.14. The number of aromatic nitrogens is 1. The second-order valence-corrected chi connectivity index (χ2v) is 10.2. The lowest BCUT2D eigenvalue weighted by atomic mass is 9.83. The molecule has 1 unspecified atom stereocenters. The second-order valence-electron chi connectivity index (χ2n) is 9.81. The summed E-state index contributed by atoms with van der Waals surface area (Å²) in [5.41, 5.74) is 3.65. The topological polar surface area (TPSA) is 84.2 Å². The summed E-state index contributed by atoms with van der Waals surface area (Å²) in [5.74, 6) is -0.0149. The molecule has 3 aliphatic rings. The summed E-state index contributed by atoms with van der Waals surface area (Å²) >= 11 is 6.31. The van der Waals surface area contributed by atoms with Crippen LogP contribution in [0.3, 0.4) is 0 Å². The van der Waals surface area contributed by atoms with Gasteiger partial charge in [0, 0.05) is 36.2 Å². The molecular formula is C27H28ClN3O5. The molecule has 2 fully saturated rings. The molecule has 1 N–H and O–H groups in total. The van der Waals surface area contributed by atoms with Crippen molar-refractivity contribution >= 4 is 34.5 Å². The lowest BCUT2D eigenvalue weighted by Crippen LogP contribution is -2.46. The molecule has 1 spiro atoms. The van der Waals surface area contributed by atoms with E-state index in [-0.39, 0.29) is 24.2 Å². The Morgan fingerprint density at radius 1 is 1.08 bits per heavy atom. The van der Waals surface area contributed by atoms with Gasteiger partial charge in [0.25, 0.3) is 5.91 Å². The third-order valence-corrected chi connectivity index (χ3v) is 7.99. The van der Waals surface area contributed by atoms with Gasteiger partial charge < -0.3 is 28.9 Å². The van der Waals surface area contributed by atoms with Crippen molar-refractivity contribution in [2.45, 2.75) is 37.7 Å². The van der Waals surface area contributed by atoms with Gasteiger partial charge in [-0.25, -0.2) is 4.79 Å². The molecular weight excluding hydrogens is 482 g/mol. The number of carbonyl (C=O) groups excluding carboxylic acids is 1. The number of hydrogen-bond acceptors (Lipinski definition) is 4. The predicted octanol–water partition coefficient (Wildman–Crippen LogP) is 4.34. The Labute approximate surface area is 213 Å². The minimum Gasteiger partial charge on any atom is -0.465 e. The summed E-state index contributed by atoms with van der Waals surface area (Å²) in [4.78, 5) is 28.4. The van der Waals surface area contributed by atoms with Crippen LogP contribution in [0.1, 0.15) is 34.3 Å². The SMILES string of the molecule is O=C(O)N1CCOC(Cn2cc(C(=O)N3CCC4(CC3)OCc3ccccc34)c3ccc(Cl)cc32)C1. The number of rotatable bonds is 3. The maximum atomic E-state index is 13.7. The number of fused-ring (bicyclic) bond motifs is 3. The van der Waals surface area contributed by atoms with Crippen LogP contribution in [0.4, 0.5) is 4.79 Å². The van der Waals surface area contributed by atoms with E-state index in [0.29, 0.717) is 50.0 Å². The summed E-state index contributed by atoms with van der Waals surface area (Å²) in [5, 5.41) is 10.8. The van der Waals surface area contributed by atoms with Crippen LogP contribution in [0, 0.1) is 0 Å². The summed E-state index contributed by atoms with van der Waals surface area (Å²) < 4.78 is 14.1. The smallest absolute Gasteiger partial charge is 0.407 e. The van der Waals surface area contributed by atoms with E-state index in [1.165, 1.54) is 16.0 Å². The second kappa shape index (κ2) is 9.10. The fourth-order valence-corrected chi connectivity index (χ4v) is 6.02. The van der Waals surface area contributed by atoms with Crippen molar-refractivity contribution < 1.29 is 24.2 Å². The number of benzene rings is 2. The number of carbonyl (C=O) groups is 2. The van der Waals surface area contributed by atoms with Crippen LogP contribution in [0.15, 0.2) is 48.7 Å². The van der Waals surface area contributed by atoms with Crippen LogP contribution in [-0.4, -0.2) is 70.4 Å². The third kappa shape index (κ3) is 4.03. The fraction of sp³-hybridized carbons (Fsp3) is 0.407. The van der Waals surface area contributed by atoms with Crippen LogP contribution >= 0.6 is 11.6 Å². The van der Waals surface area contributed by atoms with Gasteiger partial charge in [-0.2, -0.15) is 0 Å². The highest BCUT2D eigenvalue weighted by Gasteiger charge is 2.43. The number of ether oxygens (including phenoxy) is 2. The largest absolute Gasteiger partial charge is 0.465 e. The van der Waals surface area contributed by atoms with Crippen molar-refractivity contribution in [3.8, 4) is 0 Å². The van der Waals surface area contributed by atoms with Gasteiger partial charge in [-0.1, -0.05) is 41.9 Å². The van der Waals surface area contributed by atoms with E-state index < -0.39 is 6.09 Å². The number of amides is 2. The number of nitrogens with zero attached hydrogens (tertiary/aromatic N) is 3. The molecule has 4 heterocycles. The monoisotopic (exact) mass is 509 g/mol. The molecule has 0 bridgehead atoms. The molecule has 2 saturated heterocycles. The van der Waals surface area contributed by atoms with Crippen molar-refractivity contribution in [2.75, 3.05) is 32.8 Å². The summed E-state index contributed by atoms with van der Waals surface area (Å²) in [6.45, 7) is 3.29. The van der Waals surface area contributed by atoms with E-state index in [0.717, 1.165) is 23.7 Å². The van der Waals surface area contributed by atoms with Gasteiger partial charge >= 0.3 is 6.09 Å². The Morgan fingerprint density at radius 2 is 1.89 bits per heavy atom. The van der Waals surface area contributed by atoms with E-state index in [9.17, 15) is 14.7 Å². The third-order valence-electron chi connectivity index (χ3n) is 7.75. The molecule has 36 heavy (non-hydrogen) atoms. The highest BCUT2D eigenvalue weighted by atomic mass is 35.5. The Kier molecular flexibility index (Phi) is 5.90. The molecule has 3 aliphatic heterocycles. The molecule has 3 aromatic rings. The maximum Gasteiger partial charge on any atom is 0.407 e. The van der Waals surface area contributed by atoms with Gasteiger partial charge in [0.2, 0.25) is 0 Å². The van der Waals surface area contributed by atoms with Crippen LogP contribution in [0.2, 0.25) is 5.02 Å². The quantitative estimate of drug-likeness (QED) is 0.568. The molecule has 0 saturated carbocycles. The first-order chi connectivity index (χ1) is 17.4. The number of likely N-dealkylation sites (tertiary alicyclic amines) is 1. The zero-order chi connectivity index (χ0) is 24.9. The van der Waals surface area contributed by atoms with E-state index in [1.807, 2.05) is 33.9 Å². The van der Waals surface area contributed by atoms with Crippen LogP contribution < -0.4 is 0 Å². The molecule has 188 valence electrons. The first-order valence-corrected chi connectivity index (χ1v) is 12.7. The molecule has 2 amide bonds. The zero-order valence-corrected chi connectivity index (χ0v) is 20.6. The number of piperidine rings is 1. The van der Waals surface area contributed by atoms with Crippen molar-refractivity contribution in [2.24, 2.45) is 0 Å². The van der Waals surface area contributed by atoms with Crippen molar-refractivity contribution in [3.05, 3.63) is 70.4 Å². The van der Waals surface area contributed by atoms with E-state index in [4.69, 9.17) is 21.1 Å². The molecule has 8 nitrogen and oxygen atoms in total. The van der Waals surface area contributed by atoms with Crippen LogP contribution in [-0.2, 0) is 28.2 Å². The van der Waals surface area contributed by atoms with E-state index in [1.54, 1.807) is 6.07 Å². The van der Waals surface area contributed by atoms with Gasteiger partial charge in [-0.15, -0.1) is 0 Å². The normalized spacial score (nSPS) is 21.2. The molecule has 0 aliphatic carbocycles. The number of morpholine rings is 1. The van der Waals surface area contributed by atoms with Gasteiger partial charge in [-0.05, 0) is 36.1 Å². The lowest BCUT2D eigenvalue weighted by molar-refractivity contribution is -0.0741. The summed E-state index contributed by atoms with van der Waals surface area (Å²) in [7, 11) is 0. The van der Waals surface area contributed by atoms with Crippen LogP contribution in [0.5, 0.6) is 0 Å². The standard InChI is InChI=1S/C27H28ClN3O5/c28-19-5-6-21-22(16-31(24(21)13-19)15-20-14-30(26(33)34)11-12-35-20)25(32)29-9-7-27(8-10-29)23-4-2-1-3-18(23)17-36-27/h1-6,13,16,20H,7-12,14-15,17H2,(H,33,34). The molecule has 1 atom stereocenters. The predicted molar refractivity (Wildman–Crippen MR) is 134 cm³/mol. The average Bonchev–Trinajstić information content (AvgIpc) is 3.43. The first-order valence-electron chi connectivity index (χ1n) is 12.3. The molecule has 6 rings (SSSR count). The van der Waals surface area contributed by atoms with Crippen LogP contribution in [0.25, 0.3) is 10.9 Å². The van der Waals surface area contributed by atoms with Crippen molar-refractivity contribution in [1.82, 2.24) is 14.4 Å². The highest BCUT2D eigenvalue weighted by Crippen LogP contribution is 2.44. The molecule has 0 radical (unpaired) electrons. The number of halogens is 1. The Hall–Kier alpha value is -3.07. The molecule has 1 aromatic heterocycles. The fourth-order valence-electron chi connectivity index (χ4n) is 5.85. The number of hydrogen-bond donors (Lipinski definition) is 1. The first kappa shape index (κ1) is 23.3. The average molecular weight is 510 g/mol. The zero-order valence-electron chi connectivity index (χ0n) is 19.9. The Balaban J connectivity index is 1.23. The Bertz CT molecular complexity index is 1330. The molecule has 9 heteroatoms. The minimum absolute atomic E-state index is 0.0149.